The van der Waals surface area contributed by atoms with Gasteiger partial charge in [0.05, 0.1) is 105 Å². The molecule has 0 saturated carbocycles. The zero-order valence-electron chi connectivity index (χ0n) is 35.2. The number of fused-ring (bicyclic) bond motifs is 6. The number of nitrogens with zero attached hydrogens (tertiary/aromatic N) is 8. The number of para-hydroxylation sites is 12. The van der Waals surface area contributed by atoms with Crippen LogP contribution in [0.1, 0.15) is 34.9 Å². The van der Waals surface area contributed by atoms with E-state index in [1.807, 2.05) is 109 Å². The third kappa shape index (κ3) is 10.6. The number of aromatic amines is 6. The van der Waals surface area contributed by atoms with Gasteiger partial charge in [0, 0.05) is 0 Å². The summed E-state index contributed by atoms with van der Waals surface area (Å²) in [4.78, 5) is 53.8. The number of rotatable bonds is 12. The Hall–Kier alpha value is -6.54. The largest absolute Gasteiger partial charge is 0.341 e. The third-order valence-electron chi connectivity index (χ3n) is 10.9. The maximum atomic E-state index is 4.83. The Morgan fingerprint density at radius 2 is 0.455 bits per heavy atom. The first kappa shape index (κ1) is 44.7. The smallest absolute Gasteiger partial charge is 0.121 e. The molecular weight excluding hydrogens is 931 g/mol. The molecule has 18 heteroatoms. The summed E-state index contributed by atoms with van der Waals surface area (Å²) in [6, 6.07) is 48.6. The van der Waals surface area contributed by atoms with Crippen LogP contribution in [-0.4, -0.2) is 69.6 Å². The van der Waals surface area contributed by atoms with E-state index in [9.17, 15) is 0 Å². The molecule has 0 aliphatic rings. The van der Waals surface area contributed by atoms with E-state index in [1.54, 1.807) is 0 Å². The molecule has 0 radical (unpaired) electrons. The SMILES string of the molecule is [Cl-].[Cl][Cr+][Cl].c1ccc2[nH]c(CN(Cc3nc4ccccc4[nH]3)Cc3nc4ccccc4[nH]3)nc2c1.c1ccc2[nH]c(CN(Cc3nc4ccccc4[nH]3)Cc3nc4ccccc4[nH]3)nc2c1. The van der Waals surface area contributed by atoms with Gasteiger partial charge in [0.15, 0.2) is 0 Å². The Balaban J connectivity index is 0.000000155. The zero-order chi connectivity index (χ0) is 44.0. The maximum Gasteiger partial charge on any atom is 0.121 e. The molecule has 0 aliphatic carbocycles. The minimum atomic E-state index is -0.181. The fraction of sp³-hybridized carbons (Fsp3) is 0.125. The van der Waals surface area contributed by atoms with Crippen LogP contribution in [0.3, 0.4) is 0 Å². The maximum absolute atomic E-state index is 4.83. The third-order valence-corrected chi connectivity index (χ3v) is 10.9. The predicted molar refractivity (Wildman–Crippen MR) is 254 cm³/mol. The monoisotopic (exact) mass is 971 g/mol. The number of nitrogens with one attached hydrogen (secondary N) is 6. The van der Waals surface area contributed by atoms with Gasteiger partial charge in [-0.05, 0) is 72.8 Å². The van der Waals surface area contributed by atoms with Crippen molar-refractivity contribution in [1.82, 2.24) is 69.6 Å². The number of H-pyrrole nitrogens is 6. The first-order chi connectivity index (χ1) is 32.0. The van der Waals surface area contributed by atoms with E-state index in [0.717, 1.165) is 101 Å². The normalized spacial score (nSPS) is 11.4. The van der Waals surface area contributed by atoms with E-state index in [2.05, 4.69) is 76.1 Å². The summed E-state index contributed by atoms with van der Waals surface area (Å²) in [5.41, 5.74) is 12.1. The predicted octanol–water partition coefficient (Wildman–Crippen LogP) is 7.42. The molecule has 331 valence electrons. The minimum Gasteiger partial charge on any atom is -0.341 e. The molecular formula is C48H42Cl3CrN14. The summed E-state index contributed by atoms with van der Waals surface area (Å²) >= 11 is -0.181. The van der Waals surface area contributed by atoms with Crippen LogP contribution in [0, 0.1) is 0 Å². The van der Waals surface area contributed by atoms with Crippen molar-refractivity contribution in [3.63, 3.8) is 0 Å². The minimum absolute atomic E-state index is 0. The second-order valence-corrected chi connectivity index (χ2v) is 17.7. The second kappa shape index (κ2) is 20.7. The molecule has 6 N–H and O–H groups in total. The molecule has 0 fully saturated rings. The van der Waals surface area contributed by atoms with E-state index in [0.29, 0.717) is 39.3 Å². The van der Waals surface area contributed by atoms with E-state index in [4.69, 9.17) is 50.0 Å². The van der Waals surface area contributed by atoms with Crippen molar-refractivity contribution in [3.8, 4) is 0 Å². The summed E-state index contributed by atoms with van der Waals surface area (Å²) in [5, 5.41) is 0. The van der Waals surface area contributed by atoms with Gasteiger partial charge in [0.1, 0.15) is 34.9 Å². The molecule has 0 spiro atoms. The Kier molecular flexibility index (Phi) is 14.0. The van der Waals surface area contributed by atoms with Gasteiger partial charge in [0.25, 0.3) is 0 Å². The van der Waals surface area contributed by atoms with Crippen molar-refractivity contribution < 1.29 is 25.8 Å². The number of hydrogen-bond donors (Lipinski definition) is 6. The topological polar surface area (TPSA) is 179 Å². The summed E-state index contributed by atoms with van der Waals surface area (Å²) in [6.45, 7) is 3.93. The van der Waals surface area contributed by atoms with Crippen LogP contribution in [0.5, 0.6) is 0 Å². The van der Waals surface area contributed by atoms with E-state index < -0.39 is 0 Å². The van der Waals surface area contributed by atoms with Crippen molar-refractivity contribution >= 4 is 86.3 Å². The van der Waals surface area contributed by atoms with Crippen LogP contribution in [0.2, 0.25) is 0 Å². The molecule has 14 nitrogen and oxygen atoms in total. The number of benzene rings is 6. The summed E-state index contributed by atoms with van der Waals surface area (Å²) in [7, 11) is 9.65. The zero-order valence-corrected chi connectivity index (χ0v) is 38.8. The molecule has 12 rings (SSSR count). The van der Waals surface area contributed by atoms with Gasteiger partial charge < -0.3 is 42.3 Å². The molecule has 0 unspecified atom stereocenters. The van der Waals surface area contributed by atoms with Crippen LogP contribution in [-0.2, 0) is 52.6 Å². The van der Waals surface area contributed by atoms with Gasteiger partial charge in [-0.1, -0.05) is 72.8 Å². The van der Waals surface area contributed by atoms with Gasteiger partial charge in [-0.3, -0.25) is 9.80 Å². The van der Waals surface area contributed by atoms with Crippen LogP contribution >= 0.6 is 20.1 Å². The van der Waals surface area contributed by atoms with Gasteiger partial charge in [-0.25, -0.2) is 29.9 Å². The van der Waals surface area contributed by atoms with Crippen LogP contribution in [0.25, 0.3) is 66.2 Å². The molecule has 66 heavy (non-hydrogen) atoms. The van der Waals surface area contributed by atoms with Crippen molar-refractivity contribution in [2.45, 2.75) is 39.3 Å². The summed E-state index contributed by atoms with van der Waals surface area (Å²) in [5.74, 6) is 5.55. The van der Waals surface area contributed by atoms with Crippen molar-refractivity contribution in [2.75, 3.05) is 0 Å². The van der Waals surface area contributed by atoms with Crippen molar-refractivity contribution in [1.29, 1.82) is 0 Å². The van der Waals surface area contributed by atoms with Crippen molar-refractivity contribution in [2.24, 2.45) is 0 Å². The first-order valence-corrected chi connectivity index (χ1v) is 24.5. The quantitative estimate of drug-likeness (QED) is 0.0733. The Morgan fingerprint density at radius 3 is 0.606 bits per heavy atom. The van der Waals surface area contributed by atoms with Gasteiger partial charge in [0.2, 0.25) is 0 Å². The summed E-state index contributed by atoms with van der Waals surface area (Å²) in [6.07, 6.45) is 0. The molecule has 6 aromatic carbocycles. The van der Waals surface area contributed by atoms with Gasteiger partial charge >= 0.3 is 33.5 Å². The molecule has 6 heterocycles. The molecule has 6 aromatic heterocycles. The van der Waals surface area contributed by atoms with Gasteiger partial charge in [-0.2, -0.15) is 0 Å². The van der Waals surface area contributed by atoms with E-state index in [1.165, 1.54) is 0 Å². The molecule has 12 aromatic rings. The van der Waals surface area contributed by atoms with Crippen LogP contribution in [0.15, 0.2) is 146 Å². The molecule has 0 amide bonds. The number of halogens is 3. The van der Waals surface area contributed by atoms with E-state index in [-0.39, 0.29) is 25.8 Å². The molecule has 0 saturated heterocycles. The second-order valence-electron chi connectivity index (χ2n) is 15.6. The average Bonchev–Trinajstić information content (AvgIpc) is 4.18. The number of imidazole rings is 6. The standard InChI is InChI=1S/2C24H21N7.3ClH.Cr/c2*1-2-8-17-16(7-1)25-22(26-17)13-31(14-23-27-18-9-3-4-10-19(18)28-23)15-24-29-20-11-5-6-12-21(20)30-24;;;;/h2*1-12H,13-15H2,(H,25,26)(H,27,28)(H,29,30);3*1H;/q;;;;;+3/p-3. The number of aromatic nitrogens is 12. The molecule has 0 atom stereocenters. The Morgan fingerprint density at radius 1 is 0.303 bits per heavy atom. The molecule has 0 bridgehead atoms. The molecule has 0 aliphatic heterocycles. The van der Waals surface area contributed by atoms with Crippen molar-refractivity contribution in [3.05, 3.63) is 181 Å². The fourth-order valence-corrected chi connectivity index (χ4v) is 8.09. The first-order valence-electron chi connectivity index (χ1n) is 21.0. The number of hydrogen-bond acceptors (Lipinski definition) is 8. The Labute approximate surface area is 399 Å². The van der Waals surface area contributed by atoms with E-state index >= 15 is 0 Å². The van der Waals surface area contributed by atoms with Crippen LogP contribution < -0.4 is 12.4 Å². The van der Waals surface area contributed by atoms with Crippen LogP contribution in [0.4, 0.5) is 0 Å². The average molecular weight is 973 g/mol. The summed E-state index contributed by atoms with van der Waals surface area (Å²) < 4.78 is 0. The van der Waals surface area contributed by atoms with Gasteiger partial charge in [-0.15, -0.1) is 0 Å². The Bertz CT molecular complexity index is 2690. The fourth-order valence-electron chi connectivity index (χ4n) is 8.09.